The molecule has 0 saturated heterocycles. The Morgan fingerprint density at radius 3 is 2.02 bits per heavy atom. The van der Waals surface area contributed by atoms with Crippen molar-refractivity contribution in [1.29, 1.82) is 0 Å². The Labute approximate surface area is 289 Å². The third kappa shape index (κ3) is 9.00. The summed E-state index contributed by atoms with van der Waals surface area (Å²) in [5.41, 5.74) is 2.83. The topological polar surface area (TPSA) is 105 Å². The summed E-state index contributed by atoms with van der Waals surface area (Å²) in [5.74, 6) is -0.0436. The highest BCUT2D eigenvalue weighted by molar-refractivity contribution is 7.92. The Hall–Kier alpha value is -4.83. The van der Waals surface area contributed by atoms with Gasteiger partial charge in [0.05, 0.1) is 24.8 Å². The molecule has 4 aromatic carbocycles. The van der Waals surface area contributed by atoms with E-state index in [1.807, 2.05) is 67.6 Å². The van der Waals surface area contributed by atoms with Crippen LogP contribution in [-0.2, 0) is 32.6 Å². The lowest BCUT2D eigenvalue weighted by molar-refractivity contribution is -0.140. The van der Waals surface area contributed by atoms with Crippen molar-refractivity contribution < 1.29 is 27.5 Å². The molecule has 258 valence electrons. The van der Waals surface area contributed by atoms with E-state index in [-0.39, 0.29) is 35.5 Å². The number of hydrogen-bond donors (Lipinski definition) is 1. The largest absolute Gasteiger partial charge is 0.493 e. The molecule has 1 aliphatic rings. The maximum Gasteiger partial charge on any atom is 0.264 e. The minimum absolute atomic E-state index is 0.0263. The number of methoxy groups -OCH3 is 2. The summed E-state index contributed by atoms with van der Waals surface area (Å²) in [6.45, 7) is 1.43. The fourth-order valence-electron chi connectivity index (χ4n) is 6.22. The van der Waals surface area contributed by atoms with Gasteiger partial charge in [-0.3, -0.25) is 13.9 Å². The normalized spacial score (nSPS) is 14.0. The maximum absolute atomic E-state index is 14.8. The van der Waals surface area contributed by atoms with Crippen molar-refractivity contribution in [2.75, 3.05) is 25.1 Å². The van der Waals surface area contributed by atoms with Crippen LogP contribution < -0.4 is 19.1 Å². The number of benzene rings is 4. The molecule has 1 aliphatic carbocycles. The molecule has 2 amide bonds. The average Bonchev–Trinajstić information content (AvgIpc) is 3.13. The van der Waals surface area contributed by atoms with Crippen molar-refractivity contribution in [1.82, 2.24) is 10.2 Å². The molecule has 0 unspecified atom stereocenters. The van der Waals surface area contributed by atoms with Gasteiger partial charge < -0.3 is 19.7 Å². The van der Waals surface area contributed by atoms with E-state index in [0.717, 1.165) is 53.1 Å². The molecule has 49 heavy (non-hydrogen) atoms. The van der Waals surface area contributed by atoms with Crippen LogP contribution in [0.3, 0.4) is 0 Å². The molecule has 0 bridgehead atoms. The van der Waals surface area contributed by atoms with Gasteiger partial charge in [0.2, 0.25) is 11.8 Å². The molecule has 1 fully saturated rings. The molecule has 0 aromatic heterocycles. The molecule has 0 heterocycles. The van der Waals surface area contributed by atoms with Crippen molar-refractivity contribution >= 4 is 27.5 Å². The lowest BCUT2D eigenvalue weighted by Gasteiger charge is -2.35. The molecule has 10 heteroatoms. The van der Waals surface area contributed by atoms with Gasteiger partial charge in [-0.05, 0) is 55.2 Å². The van der Waals surface area contributed by atoms with E-state index in [0.29, 0.717) is 11.5 Å². The summed E-state index contributed by atoms with van der Waals surface area (Å²) in [7, 11) is -1.30. The first-order valence-electron chi connectivity index (χ1n) is 16.7. The quantitative estimate of drug-likeness (QED) is 0.167. The van der Waals surface area contributed by atoms with E-state index < -0.39 is 28.5 Å². The van der Waals surface area contributed by atoms with Gasteiger partial charge >= 0.3 is 0 Å². The Bertz CT molecular complexity index is 1790. The number of anilines is 1. The highest BCUT2D eigenvalue weighted by Crippen LogP contribution is 2.34. The van der Waals surface area contributed by atoms with Gasteiger partial charge in [0.15, 0.2) is 11.5 Å². The first-order chi connectivity index (χ1) is 23.7. The second kappa shape index (κ2) is 16.5. The molecule has 1 N–H and O–H groups in total. The van der Waals surface area contributed by atoms with Crippen molar-refractivity contribution in [2.45, 2.75) is 69.0 Å². The smallest absolute Gasteiger partial charge is 0.264 e. The zero-order valence-electron chi connectivity index (χ0n) is 28.4. The summed E-state index contributed by atoms with van der Waals surface area (Å²) in [5, 5.41) is 3.24. The molecule has 9 nitrogen and oxygen atoms in total. The van der Waals surface area contributed by atoms with Gasteiger partial charge in [-0.25, -0.2) is 8.42 Å². The first kappa shape index (κ1) is 35.5. The van der Waals surface area contributed by atoms with Crippen LogP contribution >= 0.6 is 0 Å². The van der Waals surface area contributed by atoms with Crippen LogP contribution in [0.5, 0.6) is 11.5 Å². The molecule has 0 radical (unpaired) electrons. The molecule has 0 spiro atoms. The van der Waals surface area contributed by atoms with Gasteiger partial charge in [0.25, 0.3) is 10.0 Å². The minimum atomic E-state index is -4.26. The van der Waals surface area contributed by atoms with Crippen LogP contribution in [0.15, 0.2) is 108 Å². The average molecular weight is 684 g/mol. The molecular weight excluding hydrogens is 639 g/mol. The maximum atomic E-state index is 14.8. The summed E-state index contributed by atoms with van der Waals surface area (Å²) in [6.07, 6.45) is 5.26. The SMILES string of the molecule is COc1ccc(N(CC(=O)N(Cc2ccccc2)[C@H](Cc2ccccc2)C(=O)NC2CCCCC2)S(=O)(=O)c2ccc(C)cc2)cc1OC. The number of carbonyl (C=O) groups is 2. The van der Waals surface area contributed by atoms with E-state index >= 15 is 0 Å². The standard InChI is InChI=1S/C39H45N3O6S/c1-29-19-22-34(23-20-29)49(45,46)42(33-21-24-36(47-2)37(26-33)48-3)28-38(43)41(27-31-15-9-5-10-16-31)35(25-30-13-7-4-8-14-30)39(44)40-32-17-11-6-12-18-32/h4-5,7-10,13-16,19-24,26,32,35H,6,11-12,17-18,25,27-28H2,1-3H3,(H,40,44)/t35-/m1/s1. The summed E-state index contributed by atoms with van der Waals surface area (Å²) >= 11 is 0. The predicted octanol–water partition coefficient (Wildman–Crippen LogP) is 6.30. The monoisotopic (exact) mass is 683 g/mol. The van der Waals surface area contributed by atoms with E-state index in [1.54, 1.807) is 24.3 Å². The van der Waals surface area contributed by atoms with Crippen LogP contribution in [0, 0.1) is 6.92 Å². The van der Waals surface area contributed by atoms with E-state index in [4.69, 9.17) is 9.47 Å². The Morgan fingerprint density at radius 2 is 1.41 bits per heavy atom. The van der Waals surface area contributed by atoms with E-state index in [1.165, 1.54) is 37.3 Å². The number of ether oxygens (including phenoxy) is 2. The Morgan fingerprint density at radius 1 is 0.796 bits per heavy atom. The van der Waals surface area contributed by atoms with Crippen LogP contribution in [0.2, 0.25) is 0 Å². The molecule has 1 atom stereocenters. The third-order valence-electron chi connectivity index (χ3n) is 8.96. The van der Waals surface area contributed by atoms with Gasteiger partial charge in [0.1, 0.15) is 12.6 Å². The summed E-state index contributed by atoms with van der Waals surface area (Å²) in [4.78, 5) is 30.6. The molecule has 4 aromatic rings. The molecule has 0 aliphatic heterocycles. The van der Waals surface area contributed by atoms with Gasteiger partial charge in [0, 0.05) is 25.1 Å². The first-order valence-corrected chi connectivity index (χ1v) is 18.1. The molecule has 5 rings (SSSR count). The van der Waals surface area contributed by atoms with E-state index in [9.17, 15) is 18.0 Å². The fourth-order valence-corrected chi connectivity index (χ4v) is 7.63. The number of rotatable bonds is 14. The number of hydrogen-bond acceptors (Lipinski definition) is 6. The number of sulfonamides is 1. The predicted molar refractivity (Wildman–Crippen MR) is 191 cm³/mol. The van der Waals surface area contributed by atoms with Crippen LogP contribution in [0.4, 0.5) is 5.69 Å². The van der Waals surface area contributed by atoms with Crippen LogP contribution in [-0.4, -0.2) is 58.0 Å². The van der Waals surface area contributed by atoms with Gasteiger partial charge in [-0.1, -0.05) is 97.6 Å². The van der Waals surface area contributed by atoms with Gasteiger partial charge in [-0.15, -0.1) is 0 Å². The van der Waals surface area contributed by atoms with Crippen molar-refractivity contribution in [3.63, 3.8) is 0 Å². The zero-order chi connectivity index (χ0) is 34.8. The number of carbonyl (C=O) groups excluding carboxylic acids is 2. The summed E-state index contributed by atoms with van der Waals surface area (Å²) < 4.78 is 40.7. The Kier molecular flexibility index (Phi) is 12.0. The van der Waals surface area contributed by atoms with Gasteiger partial charge in [-0.2, -0.15) is 0 Å². The van der Waals surface area contributed by atoms with Crippen LogP contribution in [0.25, 0.3) is 0 Å². The van der Waals surface area contributed by atoms with Crippen molar-refractivity contribution in [3.05, 3.63) is 120 Å². The fraction of sp³-hybridized carbons (Fsp3) is 0.333. The lowest BCUT2D eigenvalue weighted by atomic mass is 9.94. The number of nitrogens with zero attached hydrogens (tertiary/aromatic N) is 2. The highest BCUT2D eigenvalue weighted by Gasteiger charge is 2.35. The second-order valence-corrected chi connectivity index (χ2v) is 14.3. The minimum Gasteiger partial charge on any atom is -0.493 e. The van der Waals surface area contributed by atoms with E-state index in [2.05, 4.69) is 5.32 Å². The lowest BCUT2D eigenvalue weighted by Crippen LogP contribution is -2.55. The number of aryl methyl sites for hydroxylation is 1. The third-order valence-corrected chi connectivity index (χ3v) is 10.7. The van der Waals surface area contributed by atoms with Crippen LogP contribution in [0.1, 0.15) is 48.8 Å². The number of amides is 2. The van der Waals surface area contributed by atoms with Crippen molar-refractivity contribution in [3.8, 4) is 11.5 Å². The zero-order valence-corrected chi connectivity index (χ0v) is 29.2. The Balaban J connectivity index is 1.58. The summed E-state index contributed by atoms with van der Waals surface area (Å²) in [6, 6.07) is 29.4. The highest BCUT2D eigenvalue weighted by atomic mass is 32.2. The number of nitrogens with one attached hydrogen (secondary N) is 1. The molecule has 1 saturated carbocycles. The molecular formula is C39H45N3O6S. The van der Waals surface area contributed by atoms with Crippen molar-refractivity contribution in [2.24, 2.45) is 0 Å². The second-order valence-electron chi connectivity index (χ2n) is 12.4.